The van der Waals surface area contributed by atoms with E-state index in [0.717, 1.165) is 13.1 Å². The molecule has 4 heteroatoms. The van der Waals surface area contributed by atoms with Crippen LogP contribution in [0, 0.1) is 0 Å². The first-order valence-corrected chi connectivity index (χ1v) is 6.89. The first-order chi connectivity index (χ1) is 8.86. The van der Waals surface area contributed by atoms with Crippen LogP contribution in [0.5, 0.6) is 0 Å². The summed E-state index contributed by atoms with van der Waals surface area (Å²) in [5, 5.41) is 9.19. The van der Waals surface area contributed by atoms with E-state index in [0.29, 0.717) is 12.0 Å². The molecule has 2 unspecified atom stereocenters. The van der Waals surface area contributed by atoms with Gasteiger partial charge in [0.1, 0.15) is 0 Å². The van der Waals surface area contributed by atoms with Crippen LogP contribution in [0.1, 0.15) is 30.7 Å². The highest BCUT2D eigenvalue weighted by Crippen LogP contribution is 2.30. The van der Waals surface area contributed by atoms with Gasteiger partial charge in [0, 0.05) is 18.5 Å². The molecule has 1 fully saturated rings. The number of halogens is 1. The fraction of sp³-hybridized carbons (Fsp3) is 0.500. The molecular weight excluding hydrogens is 272 g/mol. The molecule has 1 saturated heterocycles. The maximum Gasteiger partial charge on any atom is 0.0558 e. The highest BCUT2D eigenvalue weighted by molar-refractivity contribution is 5.85. The number of β-amino-alcohol motifs (C(OH)–C–C–N with tert-alkyl or cyclic N) is 1. The van der Waals surface area contributed by atoms with Crippen molar-refractivity contribution in [2.75, 3.05) is 19.7 Å². The van der Waals surface area contributed by atoms with Crippen molar-refractivity contribution < 1.29 is 5.11 Å². The van der Waals surface area contributed by atoms with Crippen LogP contribution in [0.15, 0.2) is 43.0 Å². The van der Waals surface area contributed by atoms with Gasteiger partial charge in [0.15, 0.2) is 0 Å². The van der Waals surface area contributed by atoms with Gasteiger partial charge in [0.05, 0.1) is 6.61 Å². The molecule has 1 aliphatic rings. The number of rotatable bonds is 5. The Labute approximate surface area is 128 Å². The number of aliphatic hydroxyl groups is 1. The van der Waals surface area contributed by atoms with Gasteiger partial charge < -0.3 is 11.3 Å². The van der Waals surface area contributed by atoms with E-state index >= 15 is 0 Å². The molecule has 1 aliphatic heterocycles. The number of aliphatic hydroxyl groups excluding tert-OH is 1. The van der Waals surface area contributed by atoms with Gasteiger partial charge in [-0.2, -0.15) is 0 Å². The summed E-state index contributed by atoms with van der Waals surface area (Å²) in [5.74, 6) is 0.373. The minimum absolute atomic E-state index is 0. The number of benzene rings is 1. The summed E-state index contributed by atoms with van der Waals surface area (Å²) in [6, 6.07) is 11.1. The van der Waals surface area contributed by atoms with Crippen molar-refractivity contribution in [2.45, 2.75) is 31.2 Å². The first kappa shape index (κ1) is 19.1. The fourth-order valence-electron chi connectivity index (χ4n) is 3.02. The quantitative estimate of drug-likeness (QED) is 0.819. The molecule has 1 aromatic carbocycles. The van der Waals surface area contributed by atoms with Crippen LogP contribution >= 0.6 is 12.4 Å². The lowest BCUT2D eigenvalue weighted by atomic mass is 9.85. The Balaban J connectivity index is 0.00000180. The maximum absolute atomic E-state index is 9.19. The normalized spacial score (nSPS) is 20.4. The molecule has 0 spiro atoms. The number of hydrogen-bond acceptors (Lipinski definition) is 3. The summed E-state index contributed by atoms with van der Waals surface area (Å²) in [4.78, 5) is 2.42. The summed E-state index contributed by atoms with van der Waals surface area (Å²) in [6.07, 6.45) is 5.79. The molecule has 114 valence electrons. The van der Waals surface area contributed by atoms with Crippen molar-refractivity contribution in [2.24, 2.45) is 0 Å². The van der Waals surface area contributed by atoms with Crippen molar-refractivity contribution in [3.8, 4) is 0 Å². The van der Waals surface area contributed by atoms with Gasteiger partial charge in [-0.25, -0.2) is 0 Å². The second-order valence-electron chi connectivity index (χ2n) is 4.99. The Bertz CT molecular complexity index is 370. The van der Waals surface area contributed by atoms with E-state index in [2.05, 4.69) is 47.9 Å². The van der Waals surface area contributed by atoms with Gasteiger partial charge in [-0.05, 0) is 24.9 Å². The van der Waals surface area contributed by atoms with Crippen LogP contribution < -0.4 is 6.15 Å². The molecule has 1 heterocycles. The number of piperidine rings is 1. The molecule has 0 aromatic heterocycles. The van der Waals surface area contributed by atoms with Gasteiger partial charge in [-0.1, -0.05) is 42.8 Å². The predicted molar refractivity (Wildman–Crippen MR) is 87.9 cm³/mol. The van der Waals surface area contributed by atoms with E-state index < -0.39 is 0 Å². The smallest absolute Gasteiger partial charge is 0.0558 e. The zero-order chi connectivity index (χ0) is 12.8. The molecule has 2 atom stereocenters. The van der Waals surface area contributed by atoms with E-state index in [1.807, 2.05) is 0 Å². The van der Waals surface area contributed by atoms with E-state index in [9.17, 15) is 5.11 Å². The molecule has 20 heavy (non-hydrogen) atoms. The average molecular weight is 299 g/mol. The van der Waals surface area contributed by atoms with Gasteiger partial charge >= 0.3 is 0 Å². The molecule has 0 amide bonds. The monoisotopic (exact) mass is 298 g/mol. The molecule has 2 rings (SSSR count). The van der Waals surface area contributed by atoms with Gasteiger partial charge in [-0.3, -0.25) is 4.90 Å². The molecule has 3 nitrogen and oxygen atoms in total. The Morgan fingerprint density at radius 2 is 2.00 bits per heavy atom. The molecular formula is C16H27ClN2O. The number of likely N-dealkylation sites (tertiary alicyclic amines) is 1. The average Bonchev–Trinajstić information content (AvgIpc) is 2.43. The third-order valence-electron chi connectivity index (χ3n) is 3.90. The Hall–Kier alpha value is -0.870. The largest absolute Gasteiger partial charge is 0.395 e. The van der Waals surface area contributed by atoms with Crippen LogP contribution in [-0.2, 0) is 0 Å². The SMILES string of the molecule is C=CC(c1ccccc1)C1CCCCN1CCO.Cl.N. The van der Waals surface area contributed by atoms with Crippen LogP contribution in [0.3, 0.4) is 0 Å². The van der Waals surface area contributed by atoms with Crippen molar-refractivity contribution in [1.82, 2.24) is 11.1 Å². The zero-order valence-electron chi connectivity index (χ0n) is 12.1. The lowest BCUT2D eigenvalue weighted by Crippen LogP contribution is -2.44. The Morgan fingerprint density at radius 1 is 1.30 bits per heavy atom. The topological polar surface area (TPSA) is 58.5 Å². The van der Waals surface area contributed by atoms with Crippen LogP contribution in [0.2, 0.25) is 0 Å². The number of nitrogens with zero attached hydrogens (tertiary/aromatic N) is 1. The fourth-order valence-corrected chi connectivity index (χ4v) is 3.02. The summed E-state index contributed by atoms with van der Waals surface area (Å²) >= 11 is 0. The summed E-state index contributed by atoms with van der Waals surface area (Å²) in [7, 11) is 0. The molecule has 0 saturated carbocycles. The highest BCUT2D eigenvalue weighted by Gasteiger charge is 2.28. The van der Waals surface area contributed by atoms with Gasteiger partial charge in [0.2, 0.25) is 0 Å². The van der Waals surface area contributed by atoms with Crippen LogP contribution in [0.25, 0.3) is 0 Å². The van der Waals surface area contributed by atoms with Crippen LogP contribution in [0.4, 0.5) is 0 Å². The standard InChI is InChI=1S/C16H23NO.ClH.H3N/c1-2-15(14-8-4-3-5-9-14)16-10-6-7-11-17(16)12-13-18;;/h2-5,8-9,15-16,18H,1,6-7,10-13H2;1H;1H3. The molecule has 0 bridgehead atoms. The predicted octanol–water partition coefficient (Wildman–Crippen LogP) is 3.39. The molecule has 0 radical (unpaired) electrons. The van der Waals surface area contributed by atoms with Crippen LogP contribution in [-0.4, -0.2) is 35.7 Å². The summed E-state index contributed by atoms with van der Waals surface area (Å²) in [5.41, 5.74) is 1.34. The third-order valence-corrected chi connectivity index (χ3v) is 3.90. The minimum Gasteiger partial charge on any atom is -0.395 e. The second kappa shape index (κ2) is 9.94. The lowest BCUT2D eigenvalue weighted by Gasteiger charge is -2.39. The first-order valence-electron chi connectivity index (χ1n) is 6.89. The van der Waals surface area contributed by atoms with E-state index in [-0.39, 0.29) is 25.2 Å². The second-order valence-corrected chi connectivity index (χ2v) is 4.99. The Morgan fingerprint density at radius 3 is 2.60 bits per heavy atom. The van der Waals surface area contributed by atoms with Crippen molar-refractivity contribution in [3.05, 3.63) is 48.6 Å². The molecule has 4 N–H and O–H groups in total. The highest BCUT2D eigenvalue weighted by atomic mass is 35.5. The van der Waals surface area contributed by atoms with Crippen molar-refractivity contribution in [1.29, 1.82) is 0 Å². The maximum atomic E-state index is 9.19. The van der Waals surface area contributed by atoms with Crippen molar-refractivity contribution in [3.63, 3.8) is 0 Å². The summed E-state index contributed by atoms with van der Waals surface area (Å²) in [6.45, 7) is 6.14. The van der Waals surface area contributed by atoms with E-state index in [1.54, 1.807) is 0 Å². The zero-order valence-corrected chi connectivity index (χ0v) is 12.9. The molecule has 0 aliphatic carbocycles. The minimum atomic E-state index is 0. The van der Waals surface area contributed by atoms with Gasteiger partial charge in [-0.15, -0.1) is 19.0 Å². The summed E-state index contributed by atoms with van der Waals surface area (Å²) < 4.78 is 0. The molecule has 1 aromatic rings. The van der Waals surface area contributed by atoms with Crippen molar-refractivity contribution >= 4 is 12.4 Å². The van der Waals surface area contributed by atoms with E-state index in [4.69, 9.17) is 0 Å². The lowest BCUT2D eigenvalue weighted by molar-refractivity contribution is 0.108. The third kappa shape index (κ3) is 4.60. The van der Waals surface area contributed by atoms with Gasteiger partial charge in [0.25, 0.3) is 0 Å². The number of hydrogen-bond donors (Lipinski definition) is 2. The van der Waals surface area contributed by atoms with E-state index in [1.165, 1.54) is 24.8 Å². The Kier molecular flexibility index (Phi) is 9.51.